The molecule has 19 heavy (non-hydrogen) atoms. The van der Waals surface area contributed by atoms with Crippen molar-refractivity contribution in [2.75, 3.05) is 18.4 Å². The molecule has 2 N–H and O–H groups in total. The molecule has 0 saturated heterocycles. The zero-order chi connectivity index (χ0) is 13.9. The second kappa shape index (κ2) is 5.46. The van der Waals surface area contributed by atoms with Gasteiger partial charge in [0.2, 0.25) is 10.0 Å². The number of aromatic nitrogens is 1. The quantitative estimate of drug-likeness (QED) is 0.837. The maximum Gasteiger partial charge on any atom is 0.244 e. The predicted molar refractivity (Wildman–Crippen MR) is 75.5 cm³/mol. The number of nitrogens with one attached hydrogen (secondary N) is 2. The maximum atomic E-state index is 12.3. The highest BCUT2D eigenvalue weighted by Crippen LogP contribution is 2.39. The molecule has 6 heteroatoms. The van der Waals surface area contributed by atoms with Gasteiger partial charge in [-0.3, -0.25) is 0 Å². The Hall–Kier alpha value is -1.14. The number of anilines is 1. The molecule has 2 rings (SSSR count). The van der Waals surface area contributed by atoms with Gasteiger partial charge in [0.05, 0.1) is 0 Å². The standard InChI is InChI=1S/C13H21N3O2S/c1-3-14-12-11(6-4-9-15-12)19(17,18)16-10-13(2)7-5-8-13/h4,6,9,16H,3,5,7-8,10H2,1-2H3,(H,14,15). The first-order valence-corrected chi connectivity index (χ1v) is 8.14. The molecular weight excluding hydrogens is 262 g/mol. The SMILES string of the molecule is CCNc1ncccc1S(=O)(=O)NCC1(C)CCC1. The van der Waals surface area contributed by atoms with Gasteiger partial charge < -0.3 is 5.32 Å². The number of sulfonamides is 1. The lowest BCUT2D eigenvalue weighted by atomic mass is 9.71. The molecule has 1 saturated carbocycles. The number of hydrogen-bond acceptors (Lipinski definition) is 4. The Labute approximate surface area is 114 Å². The number of nitrogens with zero attached hydrogens (tertiary/aromatic N) is 1. The summed E-state index contributed by atoms with van der Waals surface area (Å²) in [7, 11) is -3.50. The maximum absolute atomic E-state index is 12.3. The molecule has 1 heterocycles. The van der Waals surface area contributed by atoms with Crippen molar-refractivity contribution < 1.29 is 8.42 Å². The minimum atomic E-state index is -3.50. The summed E-state index contributed by atoms with van der Waals surface area (Å²) in [6.45, 7) is 5.16. The van der Waals surface area contributed by atoms with Gasteiger partial charge in [-0.15, -0.1) is 0 Å². The van der Waals surface area contributed by atoms with Crippen LogP contribution < -0.4 is 10.0 Å². The fourth-order valence-corrected chi connectivity index (χ4v) is 3.54. The van der Waals surface area contributed by atoms with Gasteiger partial charge in [-0.2, -0.15) is 0 Å². The third kappa shape index (κ3) is 3.25. The molecule has 1 aliphatic rings. The van der Waals surface area contributed by atoms with Gasteiger partial charge in [0, 0.05) is 19.3 Å². The molecule has 0 atom stereocenters. The minimum Gasteiger partial charge on any atom is -0.369 e. The van der Waals surface area contributed by atoms with Crippen LogP contribution in [-0.4, -0.2) is 26.5 Å². The molecule has 0 unspecified atom stereocenters. The summed E-state index contributed by atoms with van der Waals surface area (Å²) < 4.78 is 27.4. The van der Waals surface area contributed by atoms with Crippen LogP contribution in [0.1, 0.15) is 33.1 Å². The van der Waals surface area contributed by atoms with Crippen LogP contribution in [-0.2, 0) is 10.0 Å². The molecule has 0 amide bonds. The van der Waals surface area contributed by atoms with Gasteiger partial charge in [0.1, 0.15) is 10.7 Å². The van der Waals surface area contributed by atoms with Crippen LogP contribution in [0.2, 0.25) is 0 Å². The first-order chi connectivity index (χ1) is 8.97. The smallest absolute Gasteiger partial charge is 0.244 e. The van der Waals surface area contributed by atoms with Crippen LogP contribution in [0.15, 0.2) is 23.2 Å². The van der Waals surface area contributed by atoms with E-state index in [1.54, 1.807) is 18.3 Å². The van der Waals surface area contributed by atoms with E-state index >= 15 is 0 Å². The van der Waals surface area contributed by atoms with Gasteiger partial charge in [0.25, 0.3) is 0 Å². The molecule has 0 aliphatic heterocycles. The first-order valence-electron chi connectivity index (χ1n) is 6.65. The molecule has 1 aliphatic carbocycles. The van der Waals surface area contributed by atoms with Gasteiger partial charge in [-0.05, 0) is 37.3 Å². The van der Waals surface area contributed by atoms with Crippen molar-refractivity contribution in [2.24, 2.45) is 5.41 Å². The number of hydrogen-bond donors (Lipinski definition) is 2. The van der Waals surface area contributed by atoms with Crippen LogP contribution in [0.4, 0.5) is 5.82 Å². The van der Waals surface area contributed by atoms with E-state index < -0.39 is 10.0 Å². The van der Waals surface area contributed by atoms with Gasteiger partial charge in [0.15, 0.2) is 0 Å². The van der Waals surface area contributed by atoms with Crippen molar-refractivity contribution in [2.45, 2.75) is 38.0 Å². The highest BCUT2D eigenvalue weighted by atomic mass is 32.2. The molecule has 1 aromatic heterocycles. The summed E-state index contributed by atoms with van der Waals surface area (Å²) in [5.41, 5.74) is 0.119. The third-order valence-corrected chi connectivity index (χ3v) is 5.09. The molecule has 1 aromatic rings. The molecule has 0 bridgehead atoms. The van der Waals surface area contributed by atoms with E-state index in [2.05, 4.69) is 21.9 Å². The summed E-state index contributed by atoms with van der Waals surface area (Å²) in [4.78, 5) is 4.31. The average molecular weight is 283 g/mol. The van der Waals surface area contributed by atoms with Crippen molar-refractivity contribution in [3.63, 3.8) is 0 Å². The lowest BCUT2D eigenvalue weighted by molar-refractivity contribution is 0.166. The van der Waals surface area contributed by atoms with E-state index in [9.17, 15) is 8.42 Å². The van der Waals surface area contributed by atoms with E-state index in [-0.39, 0.29) is 10.3 Å². The van der Waals surface area contributed by atoms with E-state index in [1.807, 2.05) is 6.92 Å². The Morgan fingerprint density at radius 1 is 1.42 bits per heavy atom. The van der Waals surface area contributed by atoms with E-state index in [0.29, 0.717) is 18.9 Å². The fraction of sp³-hybridized carbons (Fsp3) is 0.615. The fourth-order valence-electron chi connectivity index (χ4n) is 2.21. The Balaban J connectivity index is 2.14. The summed E-state index contributed by atoms with van der Waals surface area (Å²) in [5.74, 6) is 0.413. The summed E-state index contributed by atoms with van der Waals surface area (Å²) in [6.07, 6.45) is 4.95. The second-order valence-electron chi connectivity index (χ2n) is 5.37. The minimum absolute atomic E-state index is 0.119. The number of rotatable bonds is 6. The van der Waals surface area contributed by atoms with Gasteiger partial charge in [-0.1, -0.05) is 13.3 Å². The largest absolute Gasteiger partial charge is 0.369 e. The normalized spacial score (nSPS) is 17.8. The monoisotopic (exact) mass is 283 g/mol. The molecule has 106 valence electrons. The van der Waals surface area contributed by atoms with Crippen LogP contribution in [0.25, 0.3) is 0 Å². The predicted octanol–water partition coefficient (Wildman–Crippen LogP) is 1.98. The Morgan fingerprint density at radius 3 is 2.74 bits per heavy atom. The van der Waals surface area contributed by atoms with Crippen molar-refractivity contribution >= 4 is 15.8 Å². The zero-order valence-electron chi connectivity index (χ0n) is 11.4. The molecule has 0 radical (unpaired) electrons. The highest BCUT2D eigenvalue weighted by molar-refractivity contribution is 7.89. The van der Waals surface area contributed by atoms with Crippen LogP contribution in [0.5, 0.6) is 0 Å². The van der Waals surface area contributed by atoms with Gasteiger partial charge >= 0.3 is 0 Å². The van der Waals surface area contributed by atoms with Crippen molar-refractivity contribution in [3.8, 4) is 0 Å². The van der Waals surface area contributed by atoms with E-state index in [0.717, 1.165) is 12.8 Å². The average Bonchev–Trinajstić information content (AvgIpc) is 2.35. The van der Waals surface area contributed by atoms with Gasteiger partial charge in [-0.25, -0.2) is 18.1 Å². The summed E-state index contributed by atoms with van der Waals surface area (Å²) in [6, 6.07) is 3.22. The lowest BCUT2D eigenvalue weighted by Crippen LogP contribution is -2.40. The molecule has 0 aromatic carbocycles. The lowest BCUT2D eigenvalue weighted by Gasteiger charge is -2.38. The number of pyridine rings is 1. The molecule has 1 fully saturated rings. The molecular formula is C13H21N3O2S. The summed E-state index contributed by atoms with van der Waals surface area (Å²) in [5, 5.41) is 2.98. The highest BCUT2D eigenvalue weighted by Gasteiger charge is 2.33. The Bertz CT molecular complexity index is 539. The van der Waals surface area contributed by atoms with Crippen LogP contribution in [0.3, 0.4) is 0 Å². The third-order valence-electron chi connectivity index (χ3n) is 3.65. The topological polar surface area (TPSA) is 71.1 Å². The molecule has 0 spiro atoms. The van der Waals surface area contributed by atoms with Crippen molar-refractivity contribution in [1.82, 2.24) is 9.71 Å². The van der Waals surface area contributed by atoms with Crippen molar-refractivity contribution in [3.05, 3.63) is 18.3 Å². The van der Waals surface area contributed by atoms with E-state index in [4.69, 9.17) is 0 Å². The van der Waals surface area contributed by atoms with E-state index in [1.165, 1.54) is 6.42 Å². The Kier molecular flexibility index (Phi) is 4.10. The molecule has 5 nitrogen and oxygen atoms in total. The van der Waals surface area contributed by atoms with Crippen LogP contribution >= 0.6 is 0 Å². The zero-order valence-corrected chi connectivity index (χ0v) is 12.3. The van der Waals surface area contributed by atoms with Crippen LogP contribution in [0, 0.1) is 5.41 Å². The summed E-state index contributed by atoms with van der Waals surface area (Å²) >= 11 is 0. The first kappa shape index (κ1) is 14.3. The van der Waals surface area contributed by atoms with Crippen molar-refractivity contribution in [1.29, 1.82) is 0 Å². The Morgan fingerprint density at radius 2 is 2.16 bits per heavy atom. The second-order valence-corrected chi connectivity index (χ2v) is 7.10.